The number of aromatic nitrogens is 2. The molecule has 0 bridgehead atoms. The predicted molar refractivity (Wildman–Crippen MR) is 73.3 cm³/mol. The van der Waals surface area contributed by atoms with Gasteiger partial charge in [-0.05, 0) is 25.0 Å². The van der Waals surface area contributed by atoms with Gasteiger partial charge >= 0.3 is 0 Å². The maximum atomic E-state index is 4.39. The van der Waals surface area contributed by atoms with Crippen molar-refractivity contribution in [2.45, 2.75) is 19.4 Å². The minimum Gasteiger partial charge on any atom is -0.373 e. The Labute approximate surface area is 107 Å². The molecule has 1 unspecified atom stereocenters. The van der Waals surface area contributed by atoms with Crippen molar-refractivity contribution in [3.8, 4) is 0 Å². The monoisotopic (exact) mass is 240 g/mol. The zero-order valence-electron chi connectivity index (χ0n) is 10.6. The molecule has 3 rings (SSSR count). The molecule has 1 aromatic carbocycles. The second-order valence-corrected chi connectivity index (χ2v) is 4.56. The van der Waals surface area contributed by atoms with Gasteiger partial charge in [0.05, 0.1) is 0 Å². The molecule has 0 saturated heterocycles. The third-order valence-corrected chi connectivity index (χ3v) is 3.36. The van der Waals surface area contributed by atoms with Gasteiger partial charge in [-0.2, -0.15) is 0 Å². The molecule has 0 saturated carbocycles. The molecule has 2 aromatic rings. The largest absolute Gasteiger partial charge is 0.373 e. The Balaban J connectivity index is 2.06. The minimum absolute atomic E-state index is 0.432. The van der Waals surface area contributed by atoms with Gasteiger partial charge in [0.15, 0.2) is 0 Å². The van der Waals surface area contributed by atoms with Crippen LogP contribution in [0.15, 0.2) is 36.7 Å². The van der Waals surface area contributed by atoms with E-state index in [1.807, 2.05) is 13.1 Å². The van der Waals surface area contributed by atoms with Crippen molar-refractivity contribution in [1.82, 2.24) is 9.97 Å². The standard InChI is InChI=1S/C14H16N4/c1-10-7-11-5-3-4-6-12(11)18(10)14-8-13(15-2)16-9-17-14/h3-6,8-10H,7H2,1-2H3,(H,15,16,17). The van der Waals surface area contributed by atoms with Crippen LogP contribution in [0.25, 0.3) is 0 Å². The van der Waals surface area contributed by atoms with E-state index in [9.17, 15) is 0 Å². The fraction of sp³-hybridized carbons (Fsp3) is 0.286. The number of para-hydroxylation sites is 1. The first-order valence-electron chi connectivity index (χ1n) is 6.16. The predicted octanol–water partition coefficient (Wildman–Crippen LogP) is 2.60. The summed E-state index contributed by atoms with van der Waals surface area (Å²) in [6, 6.07) is 10.9. The number of hydrogen-bond acceptors (Lipinski definition) is 4. The van der Waals surface area contributed by atoms with Crippen LogP contribution in [0.4, 0.5) is 17.3 Å². The van der Waals surface area contributed by atoms with E-state index in [0.717, 1.165) is 18.1 Å². The third-order valence-electron chi connectivity index (χ3n) is 3.36. The van der Waals surface area contributed by atoms with Crippen LogP contribution < -0.4 is 10.2 Å². The van der Waals surface area contributed by atoms with Gasteiger partial charge in [0, 0.05) is 24.8 Å². The number of anilines is 3. The summed E-state index contributed by atoms with van der Waals surface area (Å²) >= 11 is 0. The zero-order chi connectivity index (χ0) is 12.5. The molecule has 0 amide bonds. The number of benzene rings is 1. The molecular formula is C14H16N4. The number of rotatable bonds is 2. The van der Waals surface area contributed by atoms with Crippen LogP contribution in [-0.2, 0) is 6.42 Å². The van der Waals surface area contributed by atoms with Crippen LogP contribution in [0.5, 0.6) is 0 Å². The average molecular weight is 240 g/mol. The molecule has 2 heterocycles. The number of fused-ring (bicyclic) bond motifs is 1. The summed E-state index contributed by atoms with van der Waals surface area (Å²) < 4.78 is 0. The van der Waals surface area contributed by atoms with Crippen LogP contribution in [0.3, 0.4) is 0 Å². The first kappa shape index (κ1) is 11.0. The van der Waals surface area contributed by atoms with Crippen LogP contribution in [0.1, 0.15) is 12.5 Å². The lowest BCUT2D eigenvalue weighted by Crippen LogP contribution is -2.24. The molecule has 92 valence electrons. The highest BCUT2D eigenvalue weighted by Gasteiger charge is 2.27. The second-order valence-electron chi connectivity index (χ2n) is 4.56. The number of nitrogens with one attached hydrogen (secondary N) is 1. The summed E-state index contributed by atoms with van der Waals surface area (Å²) in [6.45, 7) is 2.22. The maximum Gasteiger partial charge on any atom is 0.138 e. The van der Waals surface area contributed by atoms with E-state index in [-0.39, 0.29) is 0 Å². The fourth-order valence-electron chi connectivity index (χ4n) is 2.53. The van der Waals surface area contributed by atoms with E-state index in [2.05, 4.69) is 51.4 Å². The van der Waals surface area contributed by atoms with Gasteiger partial charge in [0.2, 0.25) is 0 Å². The zero-order valence-corrected chi connectivity index (χ0v) is 10.6. The smallest absolute Gasteiger partial charge is 0.138 e. The SMILES string of the molecule is CNc1cc(N2c3ccccc3CC2C)ncn1. The summed E-state index contributed by atoms with van der Waals surface area (Å²) in [7, 11) is 1.87. The molecule has 4 nitrogen and oxygen atoms in total. The van der Waals surface area contributed by atoms with Gasteiger partial charge in [0.25, 0.3) is 0 Å². The van der Waals surface area contributed by atoms with Gasteiger partial charge in [-0.15, -0.1) is 0 Å². The highest BCUT2D eigenvalue weighted by atomic mass is 15.2. The number of hydrogen-bond donors (Lipinski definition) is 1. The van der Waals surface area contributed by atoms with Gasteiger partial charge in [-0.3, -0.25) is 0 Å². The molecule has 1 atom stereocenters. The van der Waals surface area contributed by atoms with Crippen LogP contribution >= 0.6 is 0 Å². The van der Waals surface area contributed by atoms with Crippen molar-refractivity contribution in [2.24, 2.45) is 0 Å². The van der Waals surface area contributed by atoms with Crippen molar-refractivity contribution in [3.63, 3.8) is 0 Å². The Hall–Kier alpha value is -2.10. The Morgan fingerprint density at radius 3 is 2.94 bits per heavy atom. The quantitative estimate of drug-likeness (QED) is 0.876. The molecule has 1 aliphatic heterocycles. The Morgan fingerprint density at radius 2 is 2.11 bits per heavy atom. The minimum atomic E-state index is 0.432. The fourth-order valence-corrected chi connectivity index (χ4v) is 2.53. The third kappa shape index (κ3) is 1.70. The van der Waals surface area contributed by atoms with E-state index in [0.29, 0.717) is 6.04 Å². The molecule has 0 spiro atoms. The van der Waals surface area contributed by atoms with Crippen LogP contribution in [0, 0.1) is 0 Å². The van der Waals surface area contributed by atoms with Crippen LogP contribution in [-0.4, -0.2) is 23.1 Å². The molecule has 1 aliphatic rings. The van der Waals surface area contributed by atoms with E-state index >= 15 is 0 Å². The summed E-state index contributed by atoms with van der Waals surface area (Å²) in [4.78, 5) is 10.8. The normalized spacial score (nSPS) is 17.7. The van der Waals surface area contributed by atoms with E-state index in [1.54, 1.807) is 6.33 Å². The van der Waals surface area contributed by atoms with Crippen LogP contribution in [0.2, 0.25) is 0 Å². The molecular weight excluding hydrogens is 224 g/mol. The summed E-state index contributed by atoms with van der Waals surface area (Å²) in [5, 5.41) is 3.05. The summed E-state index contributed by atoms with van der Waals surface area (Å²) in [5.41, 5.74) is 2.64. The Kier molecular flexibility index (Phi) is 2.63. The molecule has 0 fully saturated rings. The first-order valence-corrected chi connectivity index (χ1v) is 6.16. The lowest BCUT2D eigenvalue weighted by molar-refractivity contribution is 0.749. The number of nitrogens with zero attached hydrogens (tertiary/aromatic N) is 3. The van der Waals surface area contributed by atoms with Crippen molar-refractivity contribution in [1.29, 1.82) is 0 Å². The molecule has 18 heavy (non-hydrogen) atoms. The average Bonchev–Trinajstić information content (AvgIpc) is 2.74. The Bertz CT molecular complexity index is 567. The highest BCUT2D eigenvalue weighted by molar-refractivity contribution is 5.69. The van der Waals surface area contributed by atoms with E-state index in [1.165, 1.54) is 11.3 Å². The Morgan fingerprint density at radius 1 is 1.28 bits per heavy atom. The molecule has 1 aromatic heterocycles. The lowest BCUT2D eigenvalue weighted by Gasteiger charge is -2.23. The van der Waals surface area contributed by atoms with Gasteiger partial charge < -0.3 is 10.2 Å². The lowest BCUT2D eigenvalue weighted by atomic mass is 10.1. The van der Waals surface area contributed by atoms with Crippen molar-refractivity contribution in [2.75, 3.05) is 17.3 Å². The molecule has 0 aliphatic carbocycles. The van der Waals surface area contributed by atoms with Gasteiger partial charge in [-0.25, -0.2) is 9.97 Å². The van der Waals surface area contributed by atoms with Gasteiger partial charge in [0.1, 0.15) is 18.0 Å². The van der Waals surface area contributed by atoms with E-state index in [4.69, 9.17) is 0 Å². The van der Waals surface area contributed by atoms with Crippen molar-refractivity contribution >= 4 is 17.3 Å². The topological polar surface area (TPSA) is 41.0 Å². The van der Waals surface area contributed by atoms with Crippen molar-refractivity contribution < 1.29 is 0 Å². The van der Waals surface area contributed by atoms with E-state index < -0.39 is 0 Å². The highest BCUT2D eigenvalue weighted by Crippen LogP contribution is 2.37. The molecule has 4 heteroatoms. The van der Waals surface area contributed by atoms with Gasteiger partial charge in [-0.1, -0.05) is 18.2 Å². The summed E-state index contributed by atoms with van der Waals surface area (Å²) in [6.07, 6.45) is 2.67. The second kappa shape index (κ2) is 4.29. The first-order chi connectivity index (χ1) is 8.79. The van der Waals surface area contributed by atoms with Crippen molar-refractivity contribution in [3.05, 3.63) is 42.2 Å². The molecule has 0 radical (unpaired) electrons. The maximum absolute atomic E-state index is 4.39. The summed E-state index contributed by atoms with van der Waals surface area (Å²) in [5.74, 6) is 1.79. The molecule has 1 N–H and O–H groups in total.